The van der Waals surface area contributed by atoms with Crippen LogP contribution in [0.1, 0.15) is 11.1 Å². The summed E-state index contributed by atoms with van der Waals surface area (Å²) in [6, 6.07) is 60.7. The number of benzene rings is 8. The van der Waals surface area contributed by atoms with Gasteiger partial charge in [0.2, 0.25) is 0 Å². The van der Waals surface area contributed by atoms with E-state index in [0.717, 1.165) is 67.2 Å². The van der Waals surface area contributed by atoms with E-state index in [4.69, 9.17) is 8.83 Å². The van der Waals surface area contributed by atoms with E-state index in [0.29, 0.717) is 0 Å². The van der Waals surface area contributed by atoms with Crippen molar-refractivity contribution in [1.29, 1.82) is 0 Å². The molecular formula is C49H30N2O2. The van der Waals surface area contributed by atoms with Gasteiger partial charge in [-0.2, -0.15) is 0 Å². The quantitative estimate of drug-likeness (QED) is 0.186. The molecule has 248 valence electrons. The van der Waals surface area contributed by atoms with Crippen LogP contribution in [0.25, 0.3) is 98.9 Å². The Kier molecular flexibility index (Phi) is 5.80. The third-order valence-electron chi connectivity index (χ3n) is 11.1. The lowest BCUT2D eigenvalue weighted by atomic mass is 9.98. The van der Waals surface area contributed by atoms with Gasteiger partial charge in [0.15, 0.2) is 0 Å². The van der Waals surface area contributed by atoms with Crippen molar-refractivity contribution in [2.75, 3.05) is 0 Å². The minimum absolute atomic E-state index is 0.733. The van der Waals surface area contributed by atoms with Crippen molar-refractivity contribution in [1.82, 2.24) is 9.13 Å². The molecule has 0 fully saturated rings. The lowest BCUT2D eigenvalue weighted by molar-refractivity contribution is 0.658. The standard InChI is InChI=1S/C49H30N2O2/c1-2-12-30(13-3-1)26-31-27-46-47(38-28-32(22-24-44(38)52-46)50-40-18-8-4-14-34(40)35-15-5-9-19-41(35)50)48-39-29-33(23-25-45(39)53-49(31)48)51-42-20-10-6-16-36(42)37-17-7-11-21-43(37)51/h1-25,27-29H,26H2. The van der Waals surface area contributed by atoms with E-state index >= 15 is 0 Å². The fourth-order valence-corrected chi connectivity index (χ4v) is 8.87. The van der Waals surface area contributed by atoms with E-state index in [1.165, 1.54) is 49.2 Å². The Morgan fingerprint density at radius 2 is 0.811 bits per heavy atom. The molecule has 4 heteroatoms. The van der Waals surface area contributed by atoms with Gasteiger partial charge >= 0.3 is 0 Å². The molecule has 12 aromatic rings. The summed E-state index contributed by atoms with van der Waals surface area (Å²) in [7, 11) is 0. The van der Waals surface area contributed by atoms with Crippen LogP contribution in [0.4, 0.5) is 0 Å². The molecule has 0 aliphatic rings. The van der Waals surface area contributed by atoms with Crippen LogP contribution in [0.5, 0.6) is 0 Å². The molecule has 8 aromatic carbocycles. The molecule has 12 rings (SSSR count). The molecule has 0 spiro atoms. The summed E-state index contributed by atoms with van der Waals surface area (Å²) in [6.45, 7) is 0. The maximum absolute atomic E-state index is 6.89. The molecule has 0 saturated heterocycles. The van der Waals surface area contributed by atoms with Gasteiger partial charge < -0.3 is 18.0 Å². The topological polar surface area (TPSA) is 36.1 Å². The first-order valence-electron chi connectivity index (χ1n) is 18.1. The van der Waals surface area contributed by atoms with Crippen LogP contribution < -0.4 is 0 Å². The smallest absolute Gasteiger partial charge is 0.139 e. The van der Waals surface area contributed by atoms with Gasteiger partial charge in [-0.1, -0.05) is 103 Å². The molecule has 4 nitrogen and oxygen atoms in total. The Labute approximate surface area is 303 Å². The van der Waals surface area contributed by atoms with Gasteiger partial charge in [0.25, 0.3) is 0 Å². The average Bonchev–Trinajstić information content (AvgIpc) is 3.95. The Bertz CT molecular complexity index is 3320. The highest BCUT2D eigenvalue weighted by Crippen LogP contribution is 2.44. The maximum atomic E-state index is 6.89. The zero-order valence-corrected chi connectivity index (χ0v) is 28.6. The van der Waals surface area contributed by atoms with Gasteiger partial charge in [-0.05, 0) is 72.3 Å². The second kappa shape index (κ2) is 10.7. The van der Waals surface area contributed by atoms with Crippen LogP contribution in [0, 0.1) is 0 Å². The molecule has 0 saturated carbocycles. The Balaban J connectivity index is 1.18. The molecule has 0 aliphatic carbocycles. The molecule has 0 bridgehead atoms. The first-order valence-corrected chi connectivity index (χ1v) is 18.1. The van der Waals surface area contributed by atoms with Crippen molar-refractivity contribution < 1.29 is 8.83 Å². The lowest BCUT2D eigenvalue weighted by Gasteiger charge is -2.09. The summed E-state index contributed by atoms with van der Waals surface area (Å²) in [5.41, 5.74) is 12.7. The maximum Gasteiger partial charge on any atom is 0.139 e. The summed E-state index contributed by atoms with van der Waals surface area (Å²) in [5, 5.41) is 9.28. The number of nitrogens with zero attached hydrogens (tertiary/aromatic N) is 2. The zero-order chi connectivity index (χ0) is 34.6. The summed E-state index contributed by atoms with van der Waals surface area (Å²) in [6.07, 6.45) is 0.733. The monoisotopic (exact) mass is 678 g/mol. The largest absolute Gasteiger partial charge is 0.456 e. The molecule has 0 unspecified atom stereocenters. The third-order valence-corrected chi connectivity index (χ3v) is 11.1. The molecule has 0 aliphatic heterocycles. The van der Waals surface area contributed by atoms with E-state index in [9.17, 15) is 0 Å². The van der Waals surface area contributed by atoms with Gasteiger partial charge in [0, 0.05) is 66.4 Å². The van der Waals surface area contributed by atoms with Crippen molar-refractivity contribution in [2.24, 2.45) is 0 Å². The van der Waals surface area contributed by atoms with Crippen LogP contribution >= 0.6 is 0 Å². The number of hydrogen-bond donors (Lipinski definition) is 0. The van der Waals surface area contributed by atoms with E-state index in [1.807, 2.05) is 0 Å². The minimum atomic E-state index is 0.733. The highest BCUT2D eigenvalue weighted by atomic mass is 16.3. The van der Waals surface area contributed by atoms with Gasteiger partial charge in [-0.15, -0.1) is 0 Å². The molecule has 0 amide bonds. The number of hydrogen-bond acceptors (Lipinski definition) is 2. The molecule has 53 heavy (non-hydrogen) atoms. The number of furan rings is 2. The number of rotatable bonds is 4. The van der Waals surface area contributed by atoms with Gasteiger partial charge in [0.05, 0.1) is 22.1 Å². The molecule has 0 radical (unpaired) electrons. The number of aromatic nitrogens is 2. The highest BCUT2D eigenvalue weighted by Gasteiger charge is 2.22. The van der Waals surface area contributed by atoms with Crippen molar-refractivity contribution in [3.8, 4) is 11.4 Å². The van der Waals surface area contributed by atoms with Crippen LogP contribution in [0.2, 0.25) is 0 Å². The minimum Gasteiger partial charge on any atom is -0.456 e. The zero-order valence-electron chi connectivity index (χ0n) is 28.6. The average molecular weight is 679 g/mol. The van der Waals surface area contributed by atoms with Gasteiger partial charge in [0.1, 0.15) is 22.3 Å². The molecule has 4 aromatic heterocycles. The van der Waals surface area contributed by atoms with Crippen molar-refractivity contribution in [3.63, 3.8) is 0 Å². The van der Waals surface area contributed by atoms with Gasteiger partial charge in [-0.25, -0.2) is 0 Å². The van der Waals surface area contributed by atoms with Crippen LogP contribution in [-0.2, 0) is 6.42 Å². The lowest BCUT2D eigenvalue weighted by Crippen LogP contribution is -1.93. The van der Waals surface area contributed by atoms with Crippen LogP contribution in [-0.4, -0.2) is 9.13 Å². The predicted molar refractivity (Wildman–Crippen MR) is 219 cm³/mol. The third kappa shape index (κ3) is 4.06. The summed E-state index contributed by atoms with van der Waals surface area (Å²) in [5.74, 6) is 0. The van der Waals surface area contributed by atoms with E-state index in [-0.39, 0.29) is 0 Å². The van der Waals surface area contributed by atoms with Crippen LogP contribution in [0.3, 0.4) is 0 Å². The molecule has 0 atom stereocenters. The Morgan fingerprint density at radius 1 is 0.358 bits per heavy atom. The fraction of sp³-hybridized carbons (Fsp3) is 0.0204. The van der Waals surface area contributed by atoms with E-state index in [2.05, 4.69) is 179 Å². The summed E-state index contributed by atoms with van der Waals surface area (Å²) >= 11 is 0. The predicted octanol–water partition coefficient (Wildman–Crippen LogP) is 13.3. The normalized spacial score (nSPS) is 12.2. The summed E-state index contributed by atoms with van der Waals surface area (Å²) < 4.78 is 18.4. The SMILES string of the molecule is c1ccc(Cc2cc3oc4ccc(-n5c6ccccc6c6ccccc65)cc4c3c3c2oc2ccc(-n4c5ccccc5c5ccccc54)cc23)cc1. The van der Waals surface area contributed by atoms with Gasteiger partial charge in [-0.3, -0.25) is 0 Å². The van der Waals surface area contributed by atoms with E-state index < -0.39 is 0 Å². The second-order valence-corrected chi connectivity index (χ2v) is 14.1. The molecular weight excluding hydrogens is 649 g/mol. The first kappa shape index (κ1) is 28.6. The second-order valence-electron chi connectivity index (χ2n) is 14.1. The number of para-hydroxylation sites is 4. The Hall–Kier alpha value is -7.04. The van der Waals surface area contributed by atoms with Crippen molar-refractivity contribution in [3.05, 3.63) is 181 Å². The highest BCUT2D eigenvalue weighted by molar-refractivity contribution is 6.27. The number of fused-ring (bicyclic) bond motifs is 13. The fourth-order valence-electron chi connectivity index (χ4n) is 8.87. The van der Waals surface area contributed by atoms with Crippen molar-refractivity contribution >= 4 is 87.5 Å². The van der Waals surface area contributed by atoms with Crippen molar-refractivity contribution in [2.45, 2.75) is 6.42 Å². The Morgan fingerprint density at radius 3 is 1.34 bits per heavy atom. The van der Waals surface area contributed by atoms with E-state index in [1.54, 1.807) is 0 Å². The summed E-state index contributed by atoms with van der Waals surface area (Å²) in [4.78, 5) is 0. The molecule has 0 N–H and O–H groups in total. The van der Waals surface area contributed by atoms with Crippen LogP contribution in [0.15, 0.2) is 179 Å². The first-order chi connectivity index (χ1) is 26.3. The molecule has 4 heterocycles.